The number of aromatic amines is 1. The number of alkyl halides is 1. The topological polar surface area (TPSA) is 353 Å². The molecule has 4 aromatic carbocycles. The number of benzene rings is 4. The number of aromatic nitrogens is 2. The average molecular weight is 1330 g/mol. The van der Waals surface area contributed by atoms with Crippen LogP contribution in [0.3, 0.4) is 0 Å². The van der Waals surface area contributed by atoms with Gasteiger partial charge in [0.25, 0.3) is 23.6 Å². The number of alkyl carbamates (subject to hydrolysis) is 1. The Morgan fingerprint density at radius 3 is 2.27 bits per heavy atom. The van der Waals surface area contributed by atoms with Gasteiger partial charge in [0.2, 0.25) is 5.91 Å². The lowest BCUT2D eigenvalue weighted by molar-refractivity contribution is -0.137. The smallest absolute Gasteiger partial charge is 0.415 e. The van der Waals surface area contributed by atoms with Gasteiger partial charge in [0.15, 0.2) is 5.78 Å². The second kappa shape index (κ2) is 33.7. The van der Waals surface area contributed by atoms with Crippen molar-refractivity contribution in [2.75, 3.05) is 107 Å². The van der Waals surface area contributed by atoms with E-state index in [1.54, 1.807) is 73.3 Å². The van der Waals surface area contributed by atoms with Gasteiger partial charge in [-0.15, -0.1) is 11.6 Å². The van der Waals surface area contributed by atoms with Crippen LogP contribution in [0.15, 0.2) is 103 Å². The molecule has 2 aromatic heterocycles. The third-order valence-corrected chi connectivity index (χ3v) is 16.3. The summed E-state index contributed by atoms with van der Waals surface area (Å²) in [6, 6.07) is 22.4. The van der Waals surface area contributed by atoms with Crippen LogP contribution in [0.2, 0.25) is 0 Å². The number of carbonyl (C=O) groups excluding carboxylic acids is 10. The van der Waals surface area contributed by atoms with Crippen molar-refractivity contribution in [1.82, 2.24) is 35.3 Å². The number of hydrogen-bond acceptors (Lipinski definition) is 17. The van der Waals surface area contributed by atoms with E-state index in [2.05, 4.69) is 31.2 Å². The second-order valence-corrected chi connectivity index (χ2v) is 23.5. The molecule has 0 spiro atoms. The first-order chi connectivity index (χ1) is 45.6. The zero-order valence-corrected chi connectivity index (χ0v) is 54.2. The number of pyridine rings is 1. The molecule has 95 heavy (non-hydrogen) atoms. The number of urea groups is 1. The number of hydrogen-bond donors (Lipinski definition) is 7. The van der Waals surface area contributed by atoms with E-state index < -0.39 is 71.6 Å². The van der Waals surface area contributed by atoms with E-state index in [0.29, 0.717) is 44.6 Å². The fourth-order valence-corrected chi connectivity index (χ4v) is 11.1. The zero-order chi connectivity index (χ0) is 68.3. The number of nitrogens with one attached hydrogen (secondary N) is 5. The van der Waals surface area contributed by atoms with Gasteiger partial charge in [-0.3, -0.25) is 33.7 Å². The molecule has 6 aromatic rings. The molecule has 0 bridgehead atoms. The maximum Gasteiger partial charge on any atom is 0.415 e. The van der Waals surface area contributed by atoms with E-state index in [4.69, 9.17) is 41.0 Å². The van der Waals surface area contributed by atoms with Crippen molar-refractivity contribution >= 4 is 110 Å². The van der Waals surface area contributed by atoms with Crippen molar-refractivity contribution in [1.29, 1.82) is 0 Å². The summed E-state index contributed by atoms with van der Waals surface area (Å²) in [5, 5.41) is 22.1. The number of nitrogens with zero attached hydrogens (tertiary/aromatic N) is 5. The van der Waals surface area contributed by atoms with Crippen LogP contribution < -0.4 is 36.6 Å². The number of ether oxygens (including phenoxy) is 5. The van der Waals surface area contributed by atoms with E-state index in [0.717, 1.165) is 39.1 Å². The minimum Gasteiger partial charge on any atom is -0.447 e. The highest BCUT2D eigenvalue weighted by atomic mass is 35.5. The van der Waals surface area contributed by atoms with Gasteiger partial charge in [-0.2, -0.15) is 0 Å². The molecule has 0 aliphatic carbocycles. The molecule has 8 rings (SSSR count). The van der Waals surface area contributed by atoms with Crippen molar-refractivity contribution in [3.05, 3.63) is 137 Å². The largest absolute Gasteiger partial charge is 0.447 e. The number of aliphatic hydroxyl groups excluding tert-OH is 1. The molecule has 10 amide bonds. The molecule has 4 heterocycles. The lowest BCUT2D eigenvalue weighted by Crippen LogP contribution is -2.46. The monoisotopic (exact) mass is 1330 g/mol. The number of aryl methyl sites for hydroxylation is 2. The Balaban J connectivity index is 0.868. The number of nitrogens with two attached hydrogens (primary N) is 1. The highest BCUT2D eigenvalue weighted by Gasteiger charge is 2.37. The molecule has 504 valence electrons. The van der Waals surface area contributed by atoms with Gasteiger partial charge in [0.1, 0.15) is 30.3 Å². The molecule has 0 saturated heterocycles. The molecule has 3 atom stereocenters. The Hall–Kier alpha value is -9.96. The molecule has 0 radical (unpaired) electrons. The first kappa shape index (κ1) is 70.9. The summed E-state index contributed by atoms with van der Waals surface area (Å²) in [5.41, 5.74) is 10.9. The summed E-state index contributed by atoms with van der Waals surface area (Å²) in [4.78, 5) is 144. The van der Waals surface area contributed by atoms with Crippen LogP contribution in [-0.4, -0.2) is 187 Å². The van der Waals surface area contributed by atoms with Crippen molar-refractivity contribution in [3.8, 4) is 5.75 Å². The molecule has 0 saturated carbocycles. The van der Waals surface area contributed by atoms with Gasteiger partial charge >= 0.3 is 24.3 Å². The number of imide groups is 1. The SMILES string of the molecule is Cc1ccc(C(=O)Nc2cnc3[nH]c(C(=O)N4C[C@@H](CCl)c5c4cc(OC(=O)N(CCOCCO)CCN(C)C(=O)OCc4ccc(NC(=O)[C@H](CCCNC(N)=O)CC(=O)[C@@H](NC(=O)OCCOCCN6C(=O)C=CC6=O)C(C)C)cc4)c4cccc(C)c54)cc3c2)cc1. The summed E-state index contributed by atoms with van der Waals surface area (Å²) >= 11 is 6.66. The second-order valence-electron chi connectivity index (χ2n) is 23.2. The highest BCUT2D eigenvalue weighted by Crippen LogP contribution is 2.47. The van der Waals surface area contributed by atoms with Gasteiger partial charge in [-0.25, -0.2) is 24.2 Å². The average Bonchev–Trinajstić information content (AvgIpc) is 1.63. The standard InChI is InChI=1S/C67H78ClN11O16/c1-40(2)59(75-65(88)93-31-30-92-28-25-78-55(82)19-20-56(78)83)53(81)34-45(9-7-21-70-64(69)87)62(85)72-48-17-13-43(14-18-48)39-94-66(89)76(5)22-23-77(24-27-91-29-26-80)67(90)95-54-35-52-58(57-42(4)8-6-10-50(54)57)47(36-68)38-79(52)63(86)51-33-46-32-49(37-71-60(46)74-51)73-61(84)44-15-11-41(3)12-16-44/h6,8,10-20,32-33,35,37,40,45,47,59,80H,7,9,21-31,34,36,38-39H2,1-5H3,(H,71,74)(H,72,85)(H,73,84)(H,75,88)(H3,69,70,87)/t45-,47-,59+/m1/s1. The number of primary amides is 1. The van der Waals surface area contributed by atoms with Crippen molar-refractivity contribution in [2.45, 2.75) is 65.5 Å². The lowest BCUT2D eigenvalue weighted by Gasteiger charge is -2.26. The van der Waals surface area contributed by atoms with Crippen LogP contribution >= 0.6 is 11.6 Å². The number of carbonyl (C=O) groups is 10. The molecule has 0 unspecified atom stereocenters. The molecule has 2 aliphatic rings. The number of halogens is 1. The zero-order valence-electron chi connectivity index (χ0n) is 53.4. The van der Waals surface area contributed by atoms with Crippen molar-refractivity contribution in [3.63, 3.8) is 0 Å². The van der Waals surface area contributed by atoms with Crippen molar-refractivity contribution in [2.24, 2.45) is 17.6 Å². The van der Waals surface area contributed by atoms with Crippen LogP contribution in [0.5, 0.6) is 5.75 Å². The van der Waals surface area contributed by atoms with Crippen LogP contribution in [-0.2, 0) is 44.7 Å². The Morgan fingerprint density at radius 2 is 1.57 bits per heavy atom. The van der Waals surface area contributed by atoms with Crippen molar-refractivity contribution < 1.29 is 76.7 Å². The minimum absolute atomic E-state index is 0.00186. The maximum absolute atomic E-state index is 14.6. The number of Topliss-reactive ketones (excluding diaryl/α,β-unsaturated/α-hetero) is 1. The number of aliphatic hydroxyl groups is 1. The van der Waals surface area contributed by atoms with E-state index in [-0.39, 0.29) is 134 Å². The van der Waals surface area contributed by atoms with Gasteiger partial charge in [-0.1, -0.05) is 61.9 Å². The predicted octanol–water partition coefficient (Wildman–Crippen LogP) is 7.30. The molecular weight excluding hydrogens is 1250 g/mol. The molecule has 27 nitrogen and oxygen atoms in total. The van der Waals surface area contributed by atoms with E-state index >= 15 is 0 Å². The first-order valence-corrected chi connectivity index (χ1v) is 31.5. The molecule has 28 heteroatoms. The summed E-state index contributed by atoms with van der Waals surface area (Å²) < 4.78 is 28.0. The van der Waals surface area contributed by atoms with Crippen LogP contribution in [0.4, 0.5) is 36.2 Å². The number of fused-ring (bicyclic) bond motifs is 4. The van der Waals surface area contributed by atoms with Gasteiger partial charge in [0, 0.05) is 104 Å². The normalized spacial score (nSPS) is 14.0. The number of amides is 10. The molecular formula is C67H78ClN11O16. The number of likely N-dealkylation sites (N-methyl/N-ethyl adjacent to an activating group) is 1. The summed E-state index contributed by atoms with van der Waals surface area (Å²) in [7, 11) is 1.50. The maximum atomic E-state index is 14.6. The quantitative estimate of drug-likeness (QED) is 0.0124. The van der Waals surface area contributed by atoms with E-state index in [1.807, 2.05) is 44.2 Å². The minimum atomic E-state index is -1.04. The molecule has 8 N–H and O–H groups in total. The number of ketones is 1. The number of anilines is 3. The third-order valence-electron chi connectivity index (χ3n) is 15.9. The first-order valence-electron chi connectivity index (χ1n) is 31.0. The lowest BCUT2D eigenvalue weighted by atomic mass is 9.89. The van der Waals surface area contributed by atoms with Gasteiger partial charge < -0.3 is 75.5 Å². The summed E-state index contributed by atoms with van der Waals surface area (Å²) in [6.07, 6.45) is 1.58. The number of H-pyrrole nitrogens is 1. The number of rotatable bonds is 32. The Morgan fingerprint density at radius 1 is 0.832 bits per heavy atom. The summed E-state index contributed by atoms with van der Waals surface area (Å²) in [5.74, 6) is -3.84. The fraction of sp³-hybridized carbons (Fsp3) is 0.388. The van der Waals surface area contributed by atoms with Crippen LogP contribution in [0.25, 0.3) is 21.8 Å². The van der Waals surface area contributed by atoms with Gasteiger partial charge in [0.05, 0.1) is 63.2 Å². The Kier molecular flexibility index (Phi) is 25.2. The Labute approximate surface area is 552 Å². The van der Waals surface area contributed by atoms with E-state index in [9.17, 15) is 53.1 Å². The molecule has 2 aliphatic heterocycles. The van der Waals surface area contributed by atoms with Crippen LogP contribution in [0, 0.1) is 25.7 Å². The molecule has 0 fully saturated rings. The summed E-state index contributed by atoms with van der Waals surface area (Å²) in [6.45, 7) is 6.98. The van der Waals surface area contributed by atoms with E-state index in [1.165, 1.54) is 23.0 Å². The predicted molar refractivity (Wildman–Crippen MR) is 352 cm³/mol. The highest BCUT2D eigenvalue weighted by molar-refractivity contribution is 6.19. The third kappa shape index (κ3) is 19.1. The van der Waals surface area contributed by atoms with Crippen LogP contribution in [0.1, 0.15) is 82.1 Å². The fourth-order valence-electron chi connectivity index (χ4n) is 10.8. The Bertz CT molecular complexity index is 3810. The van der Waals surface area contributed by atoms with Gasteiger partial charge in [-0.05, 0) is 91.1 Å².